The van der Waals surface area contributed by atoms with Crippen molar-refractivity contribution in [1.29, 1.82) is 0 Å². The molecule has 0 spiro atoms. The Morgan fingerprint density at radius 2 is 2.10 bits per heavy atom. The number of nitrogen functional groups attached to an aromatic ring is 1. The van der Waals surface area contributed by atoms with Gasteiger partial charge in [0.05, 0.1) is 12.9 Å². The van der Waals surface area contributed by atoms with Crippen molar-refractivity contribution in [3.8, 4) is 5.88 Å². The molecule has 0 aliphatic rings. The summed E-state index contributed by atoms with van der Waals surface area (Å²) in [4.78, 5) is 12.4. The third kappa shape index (κ3) is 2.63. The molecule has 0 atom stereocenters. The molecule has 0 unspecified atom stereocenters. The van der Waals surface area contributed by atoms with Crippen LogP contribution in [-0.4, -0.2) is 24.6 Å². The van der Waals surface area contributed by atoms with Gasteiger partial charge in [-0.05, 0) is 11.1 Å². The highest BCUT2D eigenvalue weighted by Gasteiger charge is 2.12. The number of anilines is 1. The average molecular weight is 284 g/mol. The maximum atomic E-state index is 9.14. The molecule has 7 heteroatoms. The predicted molar refractivity (Wildman–Crippen MR) is 77.4 cm³/mol. The van der Waals surface area contributed by atoms with E-state index in [-0.39, 0.29) is 12.6 Å². The lowest BCUT2D eigenvalue weighted by atomic mass is 10.1. The standard InChI is InChI=1S/C14H15N5O2/c1-19-8-16-11-12(19)17-14(15)18-13(11)21-7-10-4-2-3-9(5-10)6-20/h2-5,8,20H,6-7H2,1H3,(H2,15,17,18)/i1-1. The topological polar surface area (TPSA) is 99.1 Å². The Kier molecular flexibility index (Phi) is 3.41. The van der Waals surface area contributed by atoms with Crippen LogP contribution in [0.5, 0.6) is 5.88 Å². The van der Waals surface area contributed by atoms with Crippen LogP contribution in [0.15, 0.2) is 30.6 Å². The van der Waals surface area contributed by atoms with Crippen molar-refractivity contribution in [2.75, 3.05) is 5.73 Å². The highest BCUT2D eigenvalue weighted by molar-refractivity contribution is 5.77. The number of ether oxygens (including phenoxy) is 1. The summed E-state index contributed by atoms with van der Waals surface area (Å²) in [5.74, 6) is 0.498. The Labute approximate surface area is 121 Å². The second-order valence-electron chi connectivity index (χ2n) is 4.68. The van der Waals surface area contributed by atoms with E-state index in [0.717, 1.165) is 11.1 Å². The van der Waals surface area contributed by atoms with Gasteiger partial charge in [0.25, 0.3) is 0 Å². The van der Waals surface area contributed by atoms with E-state index in [1.165, 1.54) is 0 Å². The summed E-state index contributed by atoms with van der Waals surface area (Å²) in [5.41, 5.74) is 8.66. The van der Waals surface area contributed by atoms with Gasteiger partial charge in [-0.1, -0.05) is 24.3 Å². The van der Waals surface area contributed by atoms with Crippen LogP contribution >= 0.6 is 0 Å². The molecule has 0 fully saturated rings. The van der Waals surface area contributed by atoms with E-state index < -0.39 is 0 Å². The molecule has 7 nitrogen and oxygen atoms in total. The monoisotopic (exact) mass is 284 g/mol. The minimum atomic E-state index is -0.00121. The van der Waals surface area contributed by atoms with E-state index >= 15 is 0 Å². The highest BCUT2D eigenvalue weighted by atomic mass is 16.5. The van der Waals surface area contributed by atoms with E-state index in [4.69, 9.17) is 15.6 Å². The predicted octanol–water partition coefficient (Wildman–Crippen LogP) is 1.02. The first kappa shape index (κ1) is 13.3. The minimum Gasteiger partial charge on any atom is -0.471 e. The molecule has 1 aromatic carbocycles. The minimum absolute atomic E-state index is 0.00121. The molecule has 0 bridgehead atoms. The molecule has 3 rings (SSSR count). The number of nitrogens with two attached hydrogens (primary N) is 1. The van der Waals surface area contributed by atoms with Gasteiger partial charge in [0.15, 0.2) is 11.2 Å². The highest BCUT2D eigenvalue weighted by Crippen LogP contribution is 2.22. The van der Waals surface area contributed by atoms with Gasteiger partial charge >= 0.3 is 0 Å². The van der Waals surface area contributed by atoms with Crippen molar-refractivity contribution in [1.82, 2.24) is 19.5 Å². The Morgan fingerprint density at radius 3 is 2.90 bits per heavy atom. The van der Waals surface area contributed by atoms with E-state index in [1.807, 2.05) is 31.3 Å². The molecular weight excluding hydrogens is 269 g/mol. The fourth-order valence-electron chi connectivity index (χ4n) is 2.07. The number of benzene rings is 1. The van der Waals surface area contributed by atoms with Crippen LogP contribution in [0.4, 0.5) is 5.95 Å². The first-order chi connectivity index (χ1) is 10.2. The summed E-state index contributed by atoms with van der Waals surface area (Å²) >= 11 is 0. The number of aliphatic hydroxyl groups excluding tert-OH is 1. The summed E-state index contributed by atoms with van der Waals surface area (Å²) in [6, 6.07) is 7.51. The normalized spacial score (nSPS) is 11.0. The summed E-state index contributed by atoms with van der Waals surface area (Å²) < 4.78 is 7.47. The van der Waals surface area contributed by atoms with Gasteiger partial charge in [0, 0.05) is 7.05 Å². The van der Waals surface area contributed by atoms with Crippen molar-refractivity contribution in [2.24, 2.45) is 7.05 Å². The third-order valence-corrected chi connectivity index (χ3v) is 3.09. The van der Waals surface area contributed by atoms with Crippen molar-refractivity contribution in [2.45, 2.75) is 13.2 Å². The van der Waals surface area contributed by atoms with Crippen LogP contribution in [0, 0.1) is 0 Å². The van der Waals surface area contributed by atoms with Gasteiger partial charge in [0.1, 0.15) is 6.61 Å². The number of hydrogen-bond donors (Lipinski definition) is 2. The lowest BCUT2D eigenvalue weighted by molar-refractivity contribution is 0.279. The van der Waals surface area contributed by atoms with Crippen LogP contribution in [-0.2, 0) is 20.3 Å². The molecule has 0 aliphatic carbocycles. The Balaban J connectivity index is 1.87. The molecule has 0 saturated carbocycles. The number of aryl methyl sites for hydroxylation is 1. The zero-order valence-corrected chi connectivity index (χ0v) is 11.5. The summed E-state index contributed by atoms with van der Waals surface area (Å²) in [6.45, 7) is 0.314. The van der Waals surface area contributed by atoms with Crippen LogP contribution in [0.2, 0.25) is 0 Å². The molecule has 3 N–H and O–H groups in total. The van der Waals surface area contributed by atoms with E-state index in [2.05, 4.69) is 15.0 Å². The summed E-state index contributed by atoms with van der Waals surface area (Å²) in [5, 5.41) is 9.14. The van der Waals surface area contributed by atoms with Gasteiger partial charge in [-0.3, -0.25) is 0 Å². The number of aromatic nitrogens is 4. The second-order valence-corrected chi connectivity index (χ2v) is 4.68. The molecule has 0 amide bonds. The molecule has 3 aromatic rings. The average Bonchev–Trinajstić information content (AvgIpc) is 2.86. The molecule has 0 radical (unpaired) electrons. The number of aliphatic hydroxyl groups is 1. The van der Waals surface area contributed by atoms with Crippen LogP contribution in [0.1, 0.15) is 11.1 Å². The van der Waals surface area contributed by atoms with Gasteiger partial charge in [-0.15, -0.1) is 0 Å². The zero-order chi connectivity index (χ0) is 14.8. The molecule has 108 valence electrons. The number of rotatable bonds is 4. The number of nitrogens with zero attached hydrogens (tertiary/aromatic N) is 4. The maximum absolute atomic E-state index is 9.14. The van der Waals surface area contributed by atoms with Gasteiger partial charge in [-0.25, -0.2) is 4.98 Å². The molecular formula is C14H15N5O2. The third-order valence-electron chi connectivity index (χ3n) is 3.09. The lowest BCUT2D eigenvalue weighted by Crippen LogP contribution is -2.03. The molecule has 0 saturated heterocycles. The zero-order valence-electron chi connectivity index (χ0n) is 11.5. The Bertz CT molecular complexity index is 784. The molecule has 2 heterocycles. The van der Waals surface area contributed by atoms with Gasteiger partial charge in [-0.2, -0.15) is 9.97 Å². The van der Waals surface area contributed by atoms with Crippen LogP contribution in [0.3, 0.4) is 0 Å². The van der Waals surface area contributed by atoms with Crippen LogP contribution < -0.4 is 10.5 Å². The van der Waals surface area contributed by atoms with Crippen LogP contribution in [0.25, 0.3) is 11.2 Å². The van der Waals surface area contributed by atoms with Crippen molar-refractivity contribution in [3.63, 3.8) is 0 Å². The molecule has 0 aliphatic heterocycles. The molecule has 21 heavy (non-hydrogen) atoms. The first-order valence-electron chi connectivity index (χ1n) is 6.43. The Morgan fingerprint density at radius 1 is 1.29 bits per heavy atom. The van der Waals surface area contributed by atoms with E-state index in [9.17, 15) is 0 Å². The summed E-state index contributed by atoms with van der Waals surface area (Å²) in [7, 11) is 1.83. The fraction of sp³-hybridized carbons (Fsp3) is 0.214. The Hall–Kier alpha value is -2.67. The second kappa shape index (κ2) is 5.37. The SMILES string of the molecule is [11CH3]n1cnc2c(OCc3cccc(CO)c3)nc(N)nc21. The number of fused-ring (bicyclic) bond motifs is 1. The first-order valence-corrected chi connectivity index (χ1v) is 6.43. The van der Waals surface area contributed by atoms with E-state index in [1.54, 1.807) is 10.9 Å². The number of hydrogen-bond acceptors (Lipinski definition) is 6. The van der Waals surface area contributed by atoms with Crippen molar-refractivity contribution < 1.29 is 9.84 Å². The van der Waals surface area contributed by atoms with Gasteiger partial charge < -0.3 is 20.1 Å². The summed E-state index contributed by atoms with van der Waals surface area (Å²) in [6.07, 6.45) is 1.64. The van der Waals surface area contributed by atoms with E-state index in [0.29, 0.717) is 23.7 Å². The van der Waals surface area contributed by atoms with Crippen molar-refractivity contribution >= 4 is 17.1 Å². The maximum Gasteiger partial charge on any atom is 0.247 e. The largest absolute Gasteiger partial charge is 0.471 e. The fourth-order valence-corrected chi connectivity index (χ4v) is 2.07. The number of imidazole rings is 1. The smallest absolute Gasteiger partial charge is 0.247 e. The quantitative estimate of drug-likeness (QED) is 0.742. The molecule has 2 aromatic heterocycles. The van der Waals surface area contributed by atoms with Gasteiger partial charge in [0.2, 0.25) is 11.8 Å². The lowest BCUT2D eigenvalue weighted by Gasteiger charge is -2.07. The van der Waals surface area contributed by atoms with Crippen molar-refractivity contribution in [3.05, 3.63) is 41.7 Å².